The number of carbonyl (C=O) groups excluding carboxylic acids is 2. The van der Waals surface area contributed by atoms with E-state index >= 15 is 0 Å². The van der Waals surface area contributed by atoms with E-state index in [4.69, 9.17) is 11.6 Å². The molecule has 154 valence electrons. The molecule has 4 rings (SSSR count). The number of fused-ring (bicyclic) bond motifs is 1. The molecule has 0 saturated heterocycles. The zero-order valence-corrected chi connectivity index (χ0v) is 17.5. The van der Waals surface area contributed by atoms with Crippen LogP contribution in [0.4, 0.5) is 5.69 Å². The molecule has 0 saturated carbocycles. The fourth-order valence-corrected chi connectivity index (χ4v) is 3.59. The molecular formula is C25H19ClN2O3. The van der Waals surface area contributed by atoms with Crippen molar-refractivity contribution in [2.45, 2.75) is 13.5 Å². The number of amides is 1. The van der Waals surface area contributed by atoms with Crippen molar-refractivity contribution < 1.29 is 9.59 Å². The third kappa shape index (κ3) is 4.27. The maximum absolute atomic E-state index is 13.0. The highest BCUT2D eigenvalue weighted by Crippen LogP contribution is 2.20. The Balaban J connectivity index is 1.72. The molecule has 0 atom stereocenters. The molecule has 3 aromatic carbocycles. The number of benzene rings is 3. The molecule has 31 heavy (non-hydrogen) atoms. The van der Waals surface area contributed by atoms with Crippen molar-refractivity contribution >= 4 is 39.9 Å². The fraction of sp³-hybridized carbons (Fsp3) is 0.0800. The zero-order chi connectivity index (χ0) is 22.0. The van der Waals surface area contributed by atoms with Crippen molar-refractivity contribution in [2.75, 3.05) is 5.32 Å². The first-order chi connectivity index (χ1) is 14.9. The summed E-state index contributed by atoms with van der Waals surface area (Å²) in [4.78, 5) is 38.7. The average Bonchev–Trinajstić information content (AvgIpc) is 2.78. The van der Waals surface area contributed by atoms with Crippen molar-refractivity contribution in [3.05, 3.63) is 111 Å². The summed E-state index contributed by atoms with van der Waals surface area (Å²) in [6.07, 6.45) is 1.46. The van der Waals surface area contributed by atoms with Crippen LogP contribution in [-0.2, 0) is 11.3 Å². The standard InChI is InChI=1S/C25H19ClN2O3/c1-16-11-12-18(13-21(16)26)27-23(29)15-28-14-20(24(30)17-7-3-2-4-8-17)25(31)19-9-5-6-10-22(19)28/h2-14H,15H2,1H3,(H,27,29). The van der Waals surface area contributed by atoms with Crippen LogP contribution < -0.4 is 10.7 Å². The Labute approximate surface area is 183 Å². The van der Waals surface area contributed by atoms with Crippen LogP contribution in [0.5, 0.6) is 0 Å². The number of rotatable bonds is 5. The number of carbonyl (C=O) groups is 2. The predicted molar refractivity (Wildman–Crippen MR) is 123 cm³/mol. The van der Waals surface area contributed by atoms with Crippen LogP contribution in [0.15, 0.2) is 83.8 Å². The minimum absolute atomic E-state index is 0.0241. The highest BCUT2D eigenvalue weighted by Gasteiger charge is 2.18. The van der Waals surface area contributed by atoms with Crippen molar-refractivity contribution in [1.82, 2.24) is 4.57 Å². The van der Waals surface area contributed by atoms with Gasteiger partial charge in [-0.05, 0) is 36.8 Å². The van der Waals surface area contributed by atoms with Gasteiger partial charge in [-0.3, -0.25) is 14.4 Å². The molecule has 1 heterocycles. The first-order valence-electron chi connectivity index (χ1n) is 9.72. The van der Waals surface area contributed by atoms with E-state index in [0.29, 0.717) is 27.2 Å². The number of aromatic nitrogens is 1. The van der Waals surface area contributed by atoms with E-state index in [0.717, 1.165) is 5.56 Å². The van der Waals surface area contributed by atoms with Gasteiger partial charge in [-0.25, -0.2) is 0 Å². The molecule has 0 aliphatic carbocycles. The van der Waals surface area contributed by atoms with Crippen LogP contribution >= 0.6 is 11.6 Å². The maximum atomic E-state index is 13.0. The quantitative estimate of drug-likeness (QED) is 0.461. The molecule has 1 amide bonds. The Hall–Kier alpha value is -3.70. The lowest BCUT2D eigenvalue weighted by atomic mass is 10.0. The number of ketones is 1. The second kappa shape index (κ2) is 8.58. The summed E-state index contributed by atoms with van der Waals surface area (Å²) < 4.78 is 1.62. The van der Waals surface area contributed by atoms with Gasteiger partial charge in [0.05, 0.1) is 11.1 Å². The zero-order valence-electron chi connectivity index (χ0n) is 16.8. The topological polar surface area (TPSA) is 68.2 Å². The van der Waals surface area contributed by atoms with E-state index < -0.39 is 0 Å². The summed E-state index contributed by atoms with van der Waals surface area (Å²) in [6, 6.07) is 20.8. The number of hydrogen-bond acceptors (Lipinski definition) is 3. The third-order valence-electron chi connectivity index (χ3n) is 5.04. The van der Waals surface area contributed by atoms with E-state index in [9.17, 15) is 14.4 Å². The van der Waals surface area contributed by atoms with Crippen molar-refractivity contribution in [3.63, 3.8) is 0 Å². The second-order valence-corrected chi connectivity index (χ2v) is 7.63. The molecule has 0 unspecified atom stereocenters. The van der Waals surface area contributed by atoms with Crippen LogP contribution in [0.3, 0.4) is 0 Å². The van der Waals surface area contributed by atoms with Crippen LogP contribution in [-0.4, -0.2) is 16.3 Å². The Morgan fingerprint density at radius 2 is 1.68 bits per heavy atom. The van der Waals surface area contributed by atoms with E-state index in [1.165, 1.54) is 6.20 Å². The summed E-state index contributed by atoms with van der Waals surface area (Å²) in [7, 11) is 0. The maximum Gasteiger partial charge on any atom is 0.244 e. The van der Waals surface area contributed by atoms with Crippen LogP contribution in [0.25, 0.3) is 10.9 Å². The fourth-order valence-electron chi connectivity index (χ4n) is 3.41. The summed E-state index contributed by atoms with van der Waals surface area (Å²) in [5.74, 6) is -0.678. The Morgan fingerprint density at radius 1 is 0.968 bits per heavy atom. The molecule has 4 aromatic rings. The molecule has 0 aliphatic rings. The number of aryl methyl sites for hydroxylation is 1. The van der Waals surface area contributed by atoms with Gasteiger partial charge in [0, 0.05) is 27.9 Å². The number of nitrogens with one attached hydrogen (secondary N) is 1. The first-order valence-corrected chi connectivity index (χ1v) is 10.1. The molecular weight excluding hydrogens is 412 g/mol. The van der Waals surface area contributed by atoms with Gasteiger partial charge in [0.1, 0.15) is 6.54 Å². The van der Waals surface area contributed by atoms with Crippen molar-refractivity contribution in [3.8, 4) is 0 Å². The largest absolute Gasteiger partial charge is 0.337 e. The van der Waals surface area contributed by atoms with E-state index in [1.54, 1.807) is 71.3 Å². The molecule has 0 bridgehead atoms. The number of halogens is 1. The molecule has 0 aliphatic heterocycles. The minimum atomic E-state index is -0.379. The van der Waals surface area contributed by atoms with Gasteiger partial charge < -0.3 is 9.88 Å². The lowest BCUT2D eigenvalue weighted by molar-refractivity contribution is -0.116. The molecule has 6 heteroatoms. The molecule has 5 nitrogen and oxygen atoms in total. The molecule has 0 fully saturated rings. The first kappa shape index (κ1) is 20.6. The molecule has 1 aromatic heterocycles. The summed E-state index contributed by atoms with van der Waals surface area (Å²) in [5, 5.41) is 3.75. The van der Waals surface area contributed by atoms with Gasteiger partial charge in [-0.15, -0.1) is 0 Å². The normalized spacial score (nSPS) is 10.8. The van der Waals surface area contributed by atoms with Crippen molar-refractivity contribution in [1.29, 1.82) is 0 Å². The van der Waals surface area contributed by atoms with Gasteiger partial charge in [-0.1, -0.05) is 60.1 Å². The lowest BCUT2D eigenvalue weighted by Gasteiger charge is -2.14. The lowest BCUT2D eigenvalue weighted by Crippen LogP contribution is -2.24. The second-order valence-electron chi connectivity index (χ2n) is 7.22. The Kier molecular flexibility index (Phi) is 5.69. The van der Waals surface area contributed by atoms with Gasteiger partial charge in [0.2, 0.25) is 11.3 Å². The smallest absolute Gasteiger partial charge is 0.244 e. The van der Waals surface area contributed by atoms with Crippen LogP contribution in [0.1, 0.15) is 21.5 Å². The molecule has 0 radical (unpaired) electrons. The highest BCUT2D eigenvalue weighted by atomic mass is 35.5. The van der Waals surface area contributed by atoms with Crippen LogP contribution in [0, 0.1) is 6.92 Å². The SMILES string of the molecule is Cc1ccc(NC(=O)Cn2cc(C(=O)c3ccccc3)c(=O)c3ccccc32)cc1Cl. The number of pyridine rings is 1. The Morgan fingerprint density at radius 3 is 2.42 bits per heavy atom. The van der Waals surface area contributed by atoms with Crippen LogP contribution in [0.2, 0.25) is 5.02 Å². The average molecular weight is 431 g/mol. The molecule has 1 N–H and O–H groups in total. The number of para-hydroxylation sites is 1. The number of hydrogen-bond donors (Lipinski definition) is 1. The van der Waals surface area contributed by atoms with Crippen molar-refractivity contribution in [2.24, 2.45) is 0 Å². The monoisotopic (exact) mass is 430 g/mol. The third-order valence-corrected chi connectivity index (χ3v) is 5.45. The van der Waals surface area contributed by atoms with Gasteiger partial charge in [0.25, 0.3) is 0 Å². The highest BCUT2D eigenvalue weighted by molar-refractivity contribution is 6.31. The summed E-state index contributed by atoms with van der Waals surface area (Å²) in [5.41, 5.74) is 2.15. The van der Waals surface area contributed by atoms with Gasteiger partial charge in [0.15, 0.2) is 5.78 Å². The minimum Gasteiger partial charge on any atom is -0.337 e. The summed E-state index contributed by atoms with van der Waals surface area (Å²) in [6.45, 7) is 1.81. The van der Waals surface area contributed by atoms with Gasteiger partial charge >= 0.3 is 0 Å². The van der Waals surface area contributed by atoms with E-state index in [2.05, 4.69) is 5.32 Å². The summed E-state index contributed by atoms with van der Waals surface area (Å²) >= 11 is 6.14. The number of anilines is 1. The van der Waals surface area contributed by atoms with Gasteiger partial charge in [-0.2, -0.15) is 0 Å². The predicted octanol–water partition coefficient (Wildman–Crippen LogP) is 4.83. The van der Waals surface area contributed by atoms with E-state index in [-0.39, 0.29) is 29.2 Å². The number of nitrogens with zero attached hydrogens (tertiary/aromatic N) is 1. The van der Waals surface area contributed by atoms with E-state index in [1.807, 2.05) is 13.0 Å². The Bertz CT molecular complexity index is 1360. The molecule has 0 spiro atoms.